The first kappa shape index (κ1) is 10.7. The van der Waals surface area contributed by atoms with Gasteiger partial charge >= 0.3 is 0 Å². The maximum Gasteiger partial charge on any atom is 0.0309 e. The molecule has 0 bridgehead atoms. The van der Waals surface area contributed by atoms with E-state index in [1.807, 2.05) is 6.08 Å². The molecule has 0 heterocycles. The van der Waals surface area contributed by atoms with E-state index in [9.17, 15) is 0 Å². The highest BCUT2D eigenvalue weighted by atomic mass is 15.0. The molecule has 0 fully saturated rings. The molecule has 0 aromatic carbocycles. The highest BCUT2D eigenvalue weighted by Crippen LogP contribution is 2.14. The maximum absolute atomic E-state index is 3.79. The first-order valence-electron chi connectivity index (χ1n) is 4.26. The summed E-state index contributed by atoms with van der Waals surface area (Å²) in [6.45, 7) is 14.7. The summed E-state index contributed by atoms with van der Waals surface area (Å²) in [7, 11) is 0. The predicted molar refractivity (Wildman–Crippen MR) is 51.8 cm³/mol. The summed E-state index contributed by atoms with van der Waals surface area (Å²) in [4.78, 5) is 0. The molecule has 1 heteroatoms. The van der Waals surface area contributed by atoms with E-state index >= 15 is 0 Å². The third-order valence-electron chi connectivity index (χ3n) is 2.05. The van der Waals surface area contributed by atoms with E-state index < -0.39 is 0 Å². The lowest BCUT2D eigenvalue weighted by atomic mass is 9.95. The second kappa shape index (κ2) is 3.40. The third kappa shape index (κ3) is 4.20. The van der Waals surface area contributed by atoms with Crippen molar-refractivity contribution in [2.75, 3.05) is 0 Å². The molecule has 1 nitrogen and oxygen atoms in total. The molecule has 66 valence electrons. The third-order valence-corrected chi connectivity index (χ3v) is 2.05. The van der Waals surface area contributed by atoms with Crippen molar-refractivity contribution >= 4 is 0 Å². The van der Waals surface area contributed by atoms with Crippen LogP contribution in [-0.4, -0.2) is 11.1 Å². The normalized spacial score (nSPS) is 13.2. The first-order valence-corrected chi connectivity index (χ1v) is 4.26. The molecule has 0 aromatic heterocycles. The minimum atomic E-state index is 0.0412. The van der Waals surface area contributed by atoms with Gasteiger partial charge < -0.3 is 5.32 Å². The van der Waals surface area contributed by atoms with E-state index in [1.165, 1.54) is 0 Å². The molecule has 0 rings (SSSR count). The SMILES string of the molecule is C=CC(C)(C)NC(C)(C)CC. The number of nitrogens with one attached hydrogen (secondary N) is 1. The van der Waals surface area contributed by atoms with Crippen molar-refractivity contribution in [3.63, 3.8) is 0 Å². The van der Waals surface area contributed by atoms with Crippen molar-refractivity contribution in [2.45, 2.75) is 52.1 Å². The smallest absolute Gasteiger partial charge is 0.0309 e. The van der Waals surface area contributed by atoms with Crippen LogP contribution in [0.2, 0.25) is 0 Å². The Morgan fingerprint density at radius 2 is 1.73 bits per heavy atom. The van der Waals surface area contributed by atoms with Crippen LogP contribution >= 0.6 is 0 Å². The van der Waals surface area contributed by atoms with E-state index in [4.69, 9.17) is 0 Å². The van der Waals surface area contributed by atoms with E-state index in [-0.39, 0.29) is 11.1 Å². The van der Waals surface area contributed by atoms with Gasteiger partial charge in [-0.15, -0.1) is 6.58 Å². The standard InChI is InChI=1S/C10H21N/c1-7-9(3,4)11-10(5,6)8-2/h7,11H,1,8H2,2-6H3. The van der Waals surface area contributed by atoms with Crippen LogP contribution in [0.5, 0.6) is 0 Å². The zero-order chi connectivity index (χ0) is 9.12. The largest absolute Gasteiger partial charge is 0.303 e. The van der Waals surface area contributed by atoms with Crippen molar-refractivity contribution in [3.8, 4) is 0 Å². The van der Waals surface area contributed by atoms with Gasteiger partial charge in [-0.05, 0) is 34.1 Å². The molecule has 0 spiro atoms. The van der Waals surface area contributed by atoms with Gasteiger partial charge in [-0.3, -0.25) is 0 Å². The molecule has 0 aliphatic heterocycles. The Hall–Kier alpha value is -0.300. The lowest BCUT2D eigenvalue weighted by Crippen LogP contribution is -2.50. The van der Waals surface area contributed by atoms with Gasteiger partial charge in [0.25, 0.3) is 0 Å². The molecule has 0 aromatic rings. The van der Waals surface area contributed by atoms with E-state index in [0.717, 1.165) is 6.42 Å². The fourth-order valence-electron chi connectivity index (χ4n) is 1.01. The van der Waals surface area contributed by atoms with Crippen molar-refractivity contribution < 1.29 is 0 Å². The van der Waals surface area contributed by atoms with Crippen molar-refractivity contribution in [1.29, 1.82) is 0 Å². The van der Waals surface area contributed by atoms with Gasteiger partial charge in [0, 0.05) is 11.1 Å². The minimum Gasteiger partial charge on any atom is -0.303 e. The lowest BCUT2D eigenvalue weighted by molar-refractivity contribution is 0.298. The number of rotatable bonds is 4. The predicted octanol–water partition coefficient (Wildman–Crippen LogP) is 2.73. The van der Waals surface area contributed by atoms with E-state index in [0.29, 0.717) is 0 Å². The number of hydrogen-bond acceptors (Lipinski definition) is 1. The average molecular weight is 155 g/mol. The molecule has 11 heavy (non-hydrogen) atoms. The summed E-state index contributed by atoms with van der Waals surface area (Å²) < 4.78 is 0. The Kier molecular flexibility index (Phi) is 3.30. The zero-order valence-corrected chi connectivity index (χ0v) is 8.49. The van der Waals surface area contributed by atoms with Crippen LogP contribution < -0.4 is 5.32 Å². The van der Waals surface area contributed by atoms with E-state index in [2.05, 4.69) is 46.5 Å². The fraction of sp³-hybridized carbons (Fsp3) is 0.800. The summed E-state index contributed by atoms with van der Waals surface area (Å²) in [5.41, 5.74) is 0.247. The van der Waals surface area contributed by atoms with Crippen LogP contribution in [0.15, 0.2) is 12.7 Å². The molecule has 0 unspecified atom stereocenters. The summed E-state index contributed by atoms with van der Waals surface area (Å²) >= 11 is 0. The molecule has 0 atom stereocenters. The molecule has 0 radical (unpaired) electrons. The zero-order valence-electron chi connectivity index (χ0n) is 8.49. The van der Waals surface area contributed by atoms with E-state index in [1.54, 1.807) is 0 Å². The van der Waals surface area contributed by atoms with Crippen LogP contribution in [0.4, 0.5) is 0 Å². The Bertz CT molecular complexity index is 134. The fourth-order valence-corrected chi connectivity index (χ4v) is 1.01. The van der Waals surface area contributed by atoms with Crippen LogP contribution in [0.3, 0.4) is 0 Å². The summed E-state index contributed by atoms with van der Waals surface area (Å²) in [6, 6.07) is 0. The van der Waals surface area contributed by atoms with Gasteiger partial charge in [0.1, 0.15) is 0 Å². The first-order chi connectivity index (χ1) is 4.83. The quantitative estimate of drug-likeness (QED) is 0.615. The van der Waals surface area contributed by atoms with Gasteiger partial charge in [-0.25, -0.2) is 0 Å². The molecule has 0 aliphatic carbocycles. The highest BCUT2D eigenvalue weighted by Gasteiger charge is 2.22. The van der Waals surface area contributed by atoms with Crippen LogP contribution in [0.1, 0.15) is 41.0 Å². The molecular formula is C10H21N. The number of hydrogen-bond donors (Lipinski definition) is 1. The monoisotopic (exact) mass is 155 g/mol. The Labute approximate surface area is 70.9 Å². The van der Waals surface area contributed by atoms with Gasteiger partial charge in [-0.2, -0.15) is 0 Å². The molecule has 0 aliphatic rings. The Morgan fingerprint density at radius 1 is 1.27 bits per heavy atom. The van der Waals surface area contributed by atoms with Crippen LogP contribution in [0.25, 0.3) is 0 Å². The second-order valence-electron chi connectivity index (χ2n) is 4.29. The summed E-state index contributed by atoms with van der Waals surface area (Å²) in [6.07, 6.45) is 3.08. The van der Waals surface area contributed by atoms with Gasteiger partial charge in [-0.1, -0.05) is 13.0 Å². The van der Waals surface area contributed by atoms with Crippen molar-refractivity contribution in [3.05, 3.63) is 12.7 Å². The van der Waals surface area contributed by atoms with Gasteiger partial charge in [0.15, 0.2) is 0 Å². The van der Waals surface area contributed by atoms with Crippen LogP contribution in [-0.2, 0) is 0 Å². The maximum atomic E-state index is 3.79. The molecule has 0 amide bonds. The average Bonchev–Trinajstić information content (AvgIpc) is 1.86. The van der Waals surface area contributed by atoms with Crippen molar-refractivity contribution in [2.24, 2.45) is 0 Å². The Balaban J connectivity index is 4.12. The highest BCUT2D eigenvalue weighted by molar-refractivity contribution is 4.99. The lowest BCUT2D eigenvalue weighted by Gasteiger charge is -2.34. The summed E-state index contributed by atoms with van der Waals surface area (Å²) in [5.74, 6) is 0. The topological polar surface area (TPSA) is 12.0 Å². The molecular weight excluding hydrogens is 134 g/mol. The van der Waals surface area contributed by atoms with Crippen LogP contribution in [0, 0.1) is 0 Å². The molecule has 0 saturated carbocycles. The van der Waals surface area contributed by atoms with Gasteiger partial charge in [0.2, 0.25) is 0 Å². The Morgan fingerprint density at radius 3 is 2.00 bits per heavy atom. The second-order valence-corrected chi connectivity index (χ2v) is 4.29. The summed E-state index contributed by atoms with van der Waals surface area (Å²) in [5, 5.41) is 3.51. The van der Waals surface area contributed by atoms with Gasteiger partial charge in [0.05, 0.1) is 0 Å². The minimum absolute atomic E-state index is 0.0412. The molecule has 0 saturated heterocycles. The molecule has 1 N–H and O–H groups in total. The van der Waals surface area contributed by atoms with Crippen molar-refractivity contribution in [1.82, 2.24) is 5.32 Å².